The Hall–Kier alpha value is -1.36. The first kappa shape index (κ1) is 14.6. The van der Waals surface area contributed by atoms with Crippen LogP contribution in [0.5, 0.6) is 0 Å². The first-order valence-electron chi connectivity index (χ1n) is 7.70. The third-order valence-corrected chi connectivity index (χ3v) is 4.39. The molecule has 3 aliphatic rings. The number of esters is 1. The first-order chi connectivity index (χ1) is 9.84. The van der Waals surface area contributed by atoms with Crippen molar-refractivity contribution in [2.24, 2.45) is 17.8 Å². The van der Waals surface area contributed by atoms with E-state index in [9.17, 15) is 9.59 Å². The Labute approximate surface area is 125 Å². The van der Waals surface area contributed by atoms with E-state index in [1.807, 2.05) is 30.9 Å². The molecule has 116 valence electrons. The summed E-state index contributed by atoms with van der Waals surface area (Å²) in [5.74, 6) is -0.807. The maximum absolute atomic E-state index is 12.7. The number of carbonyl (C=O) groups excluding carboxylic acids is 2. The number of hydrogen-bond acceptors (Lipinski definition) is 4. The molecule has 1 spiro atoms. The highest BCUT2D eigenvalue weighted by atomic mass is 16.6. The van der Waals surface area contributed by atoms with Crippen LogP contribution < -0.4 is 0 Å². The molecule has 21 heavy (non-hydrogen) atoms. The molecule has 0 unspecified atom stereocenters. The van der Waals surface area contributed by atoms with Gasteiger partial charge in [0.05, 0.1) is 24.7 Å². The van der Waals surface area contributed by atoms with Gasteiger partial charge in [-0.1, -0.05) is 26.0 Å². The molecule has 2 saturated heterocycles. The van der Waals surface area contributed by atoms with Gasteiger partial charge in [0.2, 0.25) is 5.91 Å². The van der Waals surface area contributed by atoms with Crippen molar-refractivity contribution in [1.82, 2.24) is 4.90 Å². The minimum Gasteiger partial charge on any atom is -0.463 e. The van der Waals surface area contributed by atoms with E-state index >= 15 is 0 Å². The number of likely N-dealkylation sites (tertiary alicyclic amines) is 1. The summed E-state index contributed by atoms with van der Waals surface area (Å²) < 4.78 is 11.3. The molecule has 4 atom stereocenters. The lowest BCUT2D eigenvalue weighted by molar-refractivity contribution is -0.157. The Morgan fingerprint density at radius 2 is 2.19 bits per heavy atom. The van der Waals surface area contributed by atoms with Crippen LogP contribution in [0.15, 0.2) is 12.2 Å². The highest BCUT2D eigenvalue weighted by Crippen LogP contribution is 2.52. The average Bonchev–Trinajstić information content (AvgIpc) is 2.97. The Balaban J connectivity index is 1.85. The minimum absolute atomic E-state index is 0.0289. The molecular formula is C16H23NO4. The van der Waals surface area contributed by atoms with E-state index in [1.165, 1.54) is 0 Å². The Bertz CT molecular complexity index is 499. The maximum atomic E-state index is 12.7. The van der Waals surface area contributed by atoms with Crippen molar-refractivity contribution in [2.75, 3.05) is 13.1 Å². The van der Waals surface area contributed by atoms with Crippen molar-refractivity contribution in [3.05, 3.63) is 12.2 Å². The molecule has 3 aliphatic heterocycles. The Kier molecular flexibility index (Phi) is 3.35. The molecular weight excluding hydrogens is 270 g/mol. The molecule has 3 rings (SSSR count). The van der Waals surface area contributed by atoms with Crippen molar-refractivity contribution in [1.29, 1.82) is 0 Å². The van der Waals surface area contributed by atoms with Gasteiger partial charge in [0, 0.05) is 6.54 Å². The minimum atomic E-state index is -0.614. The van der Waals surface area contributed by atoms with Gasteiger partial charge < -0.3 is 14.4 Å². The van der Waals surface area contributed by atoms with Crippen molar-refractivity contribution in [3.63, 3.8) is 0 Å². The van der Waals surface area contributed by atoms with Gasteiger partial charge in [0.15, 0.2) is 0 Å². The molecule has 0 aromatic heterocycles. The van der Waals surface area contributed by atoms with E-state index in [0.29, 0.717) is 19.0 Å². The lowest BCUT2D eigenvalue weighted by Crippen LogP contribution is -2.40. The van der Waals surface area contributed by atoms with Crippen LogP contribution >= 0.6 is 0 Å². The summed E-state index contributed by atoms with van der Waals surface area (Å²) in [4.78, 5) is 26.9. The molecule has 5 nitrogen and oxygen atoms in total. The van der Waals surface area contributed by atoms with E-state index in [-0.39, 0.29) is 24.1 Å². The summed E-state index contributed by atoms with van der Waals surface area (Å²) in [6.07, 6.45) is 3.39. The normalized spacial score (nSPS) is 37.0. The average molecular weight is 293 g/mol. The zero-order valence-electron chi connectivity index (χ0n) is 13.0. The molecule has 3 heterocycles. The number of nitrogens with zero attached hydrogens (tertiary/aromatic N) is 1. The molecule has 0 aromatic rings. The standard InChI is InChI=1S/C16H23NO4/c1-9(2)7-17-8-16-6-5-11(21-16)12(13(16)14(17)18)15(19)20-10(3)4/h5-6,9-13H,7-8H2,1-4H3/t11-,12-,13+,16+/m0/s1. The number of carbonyl (C=O) groups is 2. The number of hydrogen-bond donors (Lipinski definition) is 0. The smallest absolute Gasteiger partial charge is 0.313 e. The van der Waals surface area contributed by atoms with Gasteiger partial charge in [0.25, 0.3) is 0 Å². The van der Waals surface area contributed by atoms with Gasteiger partial charge in [-0.15, -0.1) is 0 Å². The van der Waals surface area contributed by atoms with Crippen LogP contribution in [0.3, 0.4) is 0 Å². The van der Waals surface area contributed by atoms with Gasteiger partial charge in [-0.3, -0.25) is 9.59 Å². The number of ether oxygens (including phenoxy) is 2. The zero-order chi connectivity index (χ0) is 15.4. The molecule has 0 radical (unpaired) electrons. The summed E-state index contributed by atoms with van der Waals surface area (Å²) in [5, 5.41) is 0. The third kappa shape index (κ3) is 2.18. The molecule has 1 amide bonds. The van der Waals surface area contributed by atoms with Gasteiger partial charge in [-0.05, 0) is 19.8 Å². The predicted octanol–water partition coefficient (Wildman–Crippen LogP) is 1.38. The fourth-order valence-corrected chi connectivity index (χ4v) is 3.75. The molecule has 2 bridgehead atoms. The van der Waals surface area contributed by atoms with Crippen molar-refractivity contribution < 1.29 is 19.1 Å². The first-order valence-corrected chi connectivity index (χ1v) is 7.70. The summed E-state index contributed by atoms with van der Waals surface area (Å²) >= 11 is 0. The topological polar surface area (TPSA) is 55.8 Å². The summed E-state index contributed by atoms with van der Waals surface area (Å²) in [7, 11) is 0. The van der Waals surface area contributed by atoms with E-state index in [1.54, 1.807) is 0 Å². The summed E-state index contributed by atoms with van der Waals surface area (Å²) in [6, 6.07) is 0. The van der Waals surface area contributed by atoms with Crippen molar-refractivity contribution in [2.45, 2.75) is 45.5 Å². The predicted molar refractivity (Wildman–Crippen MR) is 76.4 cm³/mol. The van der Waals surface area contributed by atoms with Crippen molar-refractivity contribution >= 4 is 11.9 Å². The SMILES string of the molecule is CC(C)CN1C[C@@]23C=C[C@H](O2)[C@H](C(=O)OC(C)C)[C@@H]3C1=O. The van der Waals surface area contributed by atoms with E-state index in [2.05, 4.69) is 13.8 Å². The molecule has 2 fully saturated rings. The lowest BCUT2D eigenvalue weighted by atomic mass is 9.77. The second-order valence-electron chi connectivity index (χ2n) is 7.00. The summed E-state index contributed by atoms with van der Waals surface area (Å²) in [5.41, 5.74) is -0.614. The van der Waals surface area contributed by atoms with Crippen LogP contribution in [0.2, 0.25) is 0 Å². The molecule has 5 heteroatoms. The fourth-order valence-electron chi connectivity index (χ4n) is 3.75. The van der Waals surface area contributed by atoms with Crippen LogP contribution in [-0.2, 0) is 19.1 Å². The molecule has 0 aromatic carbocycles. The van der Waals surface area contributed by atoms with E-state index in [4.69, 9.17) is 9.47 Å². The van der Waals surface area contributed by atoms with Crippen LogP contribution in [0.1, 0.15) is 27.7 Å². The van der Waals surface area contributed by atoms with E-state index in [0.717, 1.165) is 0 Å². The van der Waals surface area contributed by atoms with Crippen LogP contribution in [0.25, 0.3) is 0 Å². The van der Waals surface area contributed by atoms with Crippen LogP contribution in [0, 0.1) is 17.8 Å². The van der Waals surface area contributed by atoms with E-state index < -0.39 is 17.4 Å². The molecule has 0 saturated carbocycles. The Morgan fingerprint density at radius 1 is 1.48 bits per heavy atom. The van der Waals surface area contributed by atoms with Crippen LogP contribution in [-0.4, -0.2) is 47.7 Å². The fraction of sp³-hybridized carbons (Fsp3) is 0.750. The quantitative estimate of drug-likeness (QED) is 0.580. The largest absolute Gasteiger partial charge is 0.463 e. The number of fused-ring (bicyclic) bond motifs is 1. The Morgan fingerprint density at radius 3 is 2.81 bits per heavy atom. The maximum Gasteiger partial charge on any atom is 0.313 e. The number of amides is 1. The third-order valence-electron chi connectivity index (χ3n) is 4.39. The second kappa shape index (κ2) is 4.83. The molecule has 0 aliphatic carbocycles. The monoisotopic (exact) mass is 293 g/mol. The van der Waals surface area contributed by atoms with Crippen molar-refractivity contribution in [3.8, 4) is 0 Å². The summed E-state index contributed by atoms with van der Waals surface area (Å²) in [6.45, 7) is 9.05. The van der Waals surface area contributed by atoms with Gasteiger partial charge in [-0.2, -0.15) is 0 Å². The highest BCUT2D eigenvalue weighted by Gasteiger charge is 2.67. The molecule has 0 N–H and O–H groups in total. The zero-order valence-corrected chi connectivity index (χ0v) is 13.0. The van der Waals surface area contributed by atoms with Gasteiger partial charge in [0.1, 0.15) is 11.5 Å². The highest BCUT2D eigenvalue weighted by molar-refractivity contribution is 5.91. The second-order valence-corrected chi connectivity index (χ2v) is 7.00. The van der Waals surface area contributed by atoms with Crippen LogP contribution in [0.4, 0.5) is 0 Å². The van der Waals surface area contributed by atoms with Gasteiger partial charge >= 0.3 is 5.97 Å². The lowest BCUT2D eigenvalue weighted by Gasteiger charge is -2.23. The van der Waals surface area contributed by atoms with Gasteiger partial charge in [-0.25, -0.2) is 0 Å². The number of rotatable bonds is 4.